The van der Waals surface area contributed by atoms with Crippen LogP contribution in [0.1, 0.15) is 87.8 Å². The Labute approximate surface area is 239 Å². The molecule has 3 aromatic rings. The number of aromatic carboxylic acids is 4. The summed E-state index contributed by atoms with van der Waals surface area (Å²) in [6.07, 6.45) is 2.76. The first-order valence-corrected chi connectivity index (χ1v) is 12.6. The summed E-state index contributed by atoms with van der Waals surface area (Å²) in [7, 11) is 0. The normalized spacial score (nSPS) is 10.0. The molecular formula is C30H28O12. The number of hydrogen-bond acceptors (Lipinski definition) is 8. The number of hydrogen-bond donors (Lipinski definition) is 4. The zero-order chi connectivity index (χ0) is 31.1. The van der Waals surface area contributed by atoms with E-state index < -0.39 is 35.8 Å². The third-order valence-corrected chi connectivity index (χ3v) is 5.57. The summed E-state index contributed by atoms with van der Waals surface area (Å²) >= 11 is 0. The Morgan fingerprint density at radius 1 is 0.429 bits per heavy atom. The van der Waals surface area contributed by atoms with Gasteiger partial charge < -0.3 is 29.9 Å². The van der Waals surface area contributed by atoms with Crippen LogP contribution in [-0.2, 0) is 9.47 Å². The van der Waals surface area contributed by atoms with Gasteiger partial charge in [0.1, 0.15) is 0 Å². The molecule has 3 rings (SSSR count). The van der Waals surface area contributed by atoms with Crippen molar-refractivity contribution in [1.82, 2.24) is 0 Å². The first-order valence-electron chi connectivity index (χ1n) is 12.6. The number of carboxylic acid groups (broad SMARTS) is 4. The molecule has 12 nitrogen and oxygen atoms in total. The van der Waals surface area contributed by atoms with Gasteiger partial charge in [-0.1, -0.05) is 12.1 Å². The lowest BCUT2D eigenvalue weighted by Crippen LogP contribution is -2.09. The fraction of sp³-hybridized carbons (Fsp3) is 0.200. The average molecular weight is 581 g/mol. The van der Waals surface area contributed by atoms with Crippen LogP contribution < -0.4 is 0 Å². The molecule has 0 unspecified atom stereocenters. The van der Waals surface area contributed by atoms with Gasteiger partial charge >= 0.3 is 35.8 Å². The number of carbonyl (C=O) groups is 6. The standard InChI is InChI=1S/C22H22O8.C8H6O4/c23-19(24)15-7-5-9-17(13-15)21(27)29-11-3-1-2-4-12-30-22(28)18-10-6-8-16(14-18)20(25)26;9-7(10)5-1-2-6(4-3-5)8(11)12/h5-10,13-14H,1-4,11-12H2,(H,23,24)(H,25,26);1-4H,(H,9,10)(H,11,12). The zero-order valence-electron chi connectivity index (χ0n) is 22.2. The van der Waals surface area contributed by atoms with Crippen molar-refractivity contribution in [3.63, 3.8) is 0 Å². The van der Waals surface area contributed by atoms with Gasteiger partial charge in [-0.2, -0.15) is 0 Å². The summed E-state index contributed by atoms with van der Waals surface area (Å²) in [6.45, 7) is 0.413. The van der Waals surface area contributed by atoms with Crippen molar-refractivity contribution in [2.75, 3.05) is 13.2 Å². The molecule has 12 heteroatoms. The van der Waals surface area contributed by atoms with Crippen LogP contribution in [0.4, 0.5) is 0 Å². The van der Waals surface area contributed by atoms with Gasteiger partial charge in [-0.25, -0.2) is 28.8 Å². The quantitative estimate of drug-likeness (QED) is 0.160. The van der Waals surface area contributed by atoms with Gasteiger partial charge in [0.05, 0.1) is 46.6 Å². The lowest BCUT2D eigenvalue weighted by Gasteiger charge is -2.07. The number of carbonyl (C=O) groups excluding carboxylic acids is 2. The molecule has 0 aromatic heterocycles. The summed E-state index contributed by atoms with van der Waals surface area (Å²) in [5, 5.41) is 34.8. The molecule has 0 saturated heterocycles. The van der Waals surface area contributed by atoms with E-state index in [9.17, 15) is 28.8 Å². The molecule has 220 valence electrons. The molecule has 0 aliphatic carbocycles. The number of benzene rings is 3. The van der Waals surface area contributed by atoms with E-state index in [0.29, 0.717) is 12.8 Å². The summed E-state index contributed by atoms with van der Waals surface area (Å²) in [5.74, 6) is -5.50. The molecule has 0 atom stereocenters. The zero-order valence-corrected chi connectivity index (χ0v) is 22.2. The van der Waals surface area contributed by atoms with Gasteiger partial charge in [-0.05, 0) is 86.3 Å². The van der Waals surface area contributed by atoms with Gasteiger partial charge in [0.15, 0.2) is 0 Å². The third kappa shape index (κ3) is 10.9. The number of ether oxygens (including phenoxy) is 2. The minimum absolute atomic E-state index is 0.0219. The fourth-order valence-electron chi connectivity index (χ4n) is 3.37. The van der Waals surface area contributed by atoms with E-state index in [1.54, 1.807) is 0 Å². The van der Waals surface area contributed by atoms with Crippen molar-refractivity contribution < 1.29 is 58.7 Å². The molecule has 0 aliphatic heterocycles. The molecule has 0 amide bonds. The Bertz CT molecular complexity index is 1320. The van der Waals surface area contributed by atoms with Crippen LogP contribution in [0.25, 0.3) is 0 Å². The molecule has 0 aliphatic rings. The average Bonchev–Trinajstić information content (AvgIpc) is 2.98. The molecule has 0 bridgehead atoms. The van der Waals surface area contributed by atoms with E-state index in [0.717, 1.165) is 12.8 Å². The maximum atomic E-state index is 11.9. The van der Waals surface area contributed by atoms with Crippen LogP contribution in [0, 0.1) is 0 Å². The van der Waals surface area contributed by atoms with Crippen LogP contribution in [0.15, 0.2) is 72.8 Å². The number of rotatable bonds is 13. The Balaban J connectivity index is 0.000000428. The summed E-state index contributed by atoms with van der Waals surface area (Å²) in [4.78, 5) is 66.3. The monoisotopic (exact) mass is 580 g/mol. The van der Waals surface area contributed by atoms with Gasteiger partial charge in [-0.15, -0.1) is 0 Å². The highest BCUT2D eigenvalue weighted by molar-refractivity contribution is 5.95. The first kappa shape index (κ1) is 32.7. The minimum Gasteiger partial charge on any atom is -0.478 e. The third-order valence-electron chi connectivity index (χ3n) is 5.57. The topological polar surface area (TPSA) is 202 Å². The van der Waals surface area contributed by atoms with Gasteiger partial charge in [0.25, 0.3) is 0 Å². The molecule has 0 radical (unpaired) electrons. The van der Waals surface area contributed by atoms with E-state index in [2.05, 4.69) is 0 Å². The van der Waals surface area contributed by atoms with Crippen molar-refractivity contribution in [3.8, 4) is 0 Å². The van der Waals surface area contributed by atoms with Gasteiger partial charge in [-0.3, -0.25) is 0 Å². The molecule has 0 saturated carbocycles. The highest BCUT2D eigenvalue weighted by Gasteiger charge is 2.12. The first-order chi connectivity index (χ1) is 20.0. The largest absolute Gasteiger partial charge is 0.478 e. The van der Waals surface area contributed by atoms with Gasteiger partial charge in [0, 0.05) is 0 Å². The molecule has 0 heterocycles. The summed E-state index contributed by atoms with van der Waals surface area (Å²) in [5.41, 5.74) is 0.588. The molecular weight excluding hydrogens is 552 g/mol. The van der Waals surface area contributed by atoms with Crippen molar-refractivity contribution >= 4 is 35.8 Å². The number of esters is 2. The van der Waals surface area contributed by atoms with Crippen molar-refractivity contribution in [3.05, 3.63) is 106 Å². The second kappa shape index (κ2) is 16.6. The Morgan fingerprint density at radius 2 is 0.738 bits per heavy atom. The van der Waals surface area contributed by atoms with E-state index in [1.165, 1.54) is 72.8 Å². The van der Waals surface area contributed by atoms with E-state index >= 15 is 0 Å². The number of carboxylic acids is 4. The number of unbranched alkanes of at least 4 members (excludes halogenated alkanes) is 3. The Hall–Kier alpha value is -5.52. The van der Waals surface area contributed by atoms with Crippen molar-refractivity contribution in [1.29, 1.82) is 0 Å². The summed E-state index contributed by atoms with van der Waals surface area (Å²) in [6, 6.07) is 16.3. The second-order valence-corrected chi connectivity index (χ2v) is 8.65. The second-order valence-electron chi connectivity index (χ2n) is 8.65. The van der Waals surface area contributed by atoms with Crippen molar-refractivity contribution in [2.24, 2.45) is 0 Å². The predicted molar refractivity (Wildman–Crippen MR) is 146 cm³/mol. The van der Waals surface area contributed by atoms with E-state index in [1.807, 2.05) is 0 Å². The summed E-state index contributed by atoms with van der Waals surface area (Å²) < 4.78 is 10.3. The van der Waals surface area contributed by atoms with E-state index in [-0.39, 0.29) is 46.6 Å². The highest BCUT2D eigenvalue weighted by Crippen LogP contribution is 2.10. The molecule has 0 fully saturated rings. The lowest BCUT2D eigenvalue weighted by atomic mass is 10.1. The van der Waals surface area contributed by atoms with Crippen LogP contribution in [0.2, 0.25) is 0 Å². The smallest absolute Gasteiger partial charge is 0.338 e. The van der Waals surface area contributed by atoms with Crippen LogP contribution in [-0.4, -0.2) is 69.5 Å². The lowest BCUT2D eigenvalue weighted by molar-refractivity contribution is 0.0473. The van der Waals surface area contributed by atoms with Crippen LogP contribution in [0.5, 0.6) is 0 Å². The van der Waals surface area contributed by atoms with Crippen LogP contribution >= 0.6 is 0 Å². The van der Waals surface area contributed by atoms with E-state index in [4.69, 9.17) is 29.9 Å². The van der Waals surface area contributed by atoms with Crippen LogP contribution in [0.3, 0.4) is 0 Å². The maximum absolute atomic E-state index is 11.9. The molecule has 4 N–H and O–H groups in total. The molecule has 3 aromatic carbocycles. The highest BCUT2D eigenvalue weighted by atomic mass is 16.5. The van der Waals surface area contributed by atoms with Crippen molar-refractivity contribution in [2.45, 2.75) is 25.7 Å². The predicted octanol–water partition coefficient (Wildman–Crippen LogP) is 4.74. The molecule has 42 heavy (non-hydrogen) atoms. The molecule has 0 spiro atoms. The maximum Gasteiger partial charge on any atom is 0.338 e. The SMILES string of the molecule is O=C(O)c1ccc(C(=O)O)cc1.O=C(O)c1cccc(C(=O)OCCCCCCOC(=O)c2cccc(C(=O)O)c2)c1. The Morgan fingerprint density at radius 3 is 1.05 bits per heavy atom. The minimum atomic E-state index is -1.11. The van der Waals surface area contributed by atoms with Gasteiger partial charge in [0.2, 0.25) is 0 Å². The fourth-order valence-corrected chi connectivity index (χ4v) is 3.37. The Kier molecular flexibility index (Phi) is 12.9.